The average Bonchev–Trinajstić information content (AvgIpc) is 2.98. The van der Waals surface area contributed by atoms with Crippen LogP contribution in [0, 0.1) is 11.8 Å². The Kier molecular flexibility index (Phi) is 3.85. The zero-order valence-corrected chi connectivity index (χ0v) is 14.3. The summed E-state index contributed by atoms with van der Waals surface area (Å²) < 4.78 is 5.41. The van der Waals surface area contributed by atoms with E-state index in [4.69, 9.17) is 9.84 Å². The molecule has 24 heavy (non-hydrogen) atoms. The lowest BCUT2D eigenvalue weighted by Gasteiger charge is -2.27. The predicted molar refractivity (Wildman–Crippen MR) is 86.0 cm³/mol. The molecule has 2 fully saturated rings. The van der Waals surface area contributed by atoms with Gasteiger partial charge < -0.3 is 19.6 Å². The van der Waals surface area contributed by atoms with E-state index in [1.165, 1.54) is 12.4 Å². The molecule has 1 aromatic rings. The van der Waals surface area contributed by atoms with E-state index in [1.54, 1.807) is 11.9 Å². The van der Waals surface area contributed by atoms with Crippen molar-refractivity contribution in [3.63, 3.8) is 0 Å². The topological polar surface area (TPSA) is 95.9 Å². The van der Waals surface area contributed by atoms with Crippen molar-refractivity contribution in [3.05, 3.63) is 18.1 Å². The first-order valence-corrected chi connectivity index (χ1v) is 7.93. The number of nitrogens with zero attached hydrogens (tertiary/aromatic N) is 4. The Morgan fingerprint density at radius 2 is 1.88 bits per heavy atom. The minimum atomic E-state index is -1.09. The lowest BCUT2D eigenvalue weighted by molar-refractivity contribution is 0.0268. The molecule has 1 aliphatic heterocycles. The van der Waals surface area contributed by atoms with Gasteiger partial charge in [-0.15, -0.1) is 0 Å². The van der Waals surface area contributed by atoms with Crippen LogP contribution < -0.4 is 4.90 Å². The lowest BCUT2D eigenvalue weighted by atomic mass is 10.2. The molecule has 0 radical (unpaired) electrons. The van der Waals surface area contributed by atoms with Gasteiger partial charge in [-0.1, -0.05) is 0 Å². The van der Waals surface area contributed by atoms with Crippen LogP contribution in [0.25, 0.3) is 0 Å². The molecule has 2 atom stereocenters. The van der Waals surface area contributed by atoms with Crippen molar-refractivity contribution >= 4 is 17.9 Å². The van der Waals surface area contributed by atoms with Gasteiger partial charge in [-0.2, -0.15) is 0 Å². The molecule has 0 bridgehead atoms. The lowest BCUT2D eigenvalue weighted by Crippen LogP contribution is -2.39. The molecule has 8 nitrogen and oxygen atoms in total. The molecular weight excluding hydrogens is 312 g/mol. The number of hydrogen-bond acceptors (Lipinski definition) is 6. The van der Waals surface area contributed by atoms with Gasteiger partial charge in [-0.25, -0.2) is 19.6 Å². The first kappa shape index (κ1) is 16.5. The van der Waals surface area contributed by atoms with E-state index in [9.17, 15) is 9.59 Å². The molecule has 0 aromatic carbocycles. The quantitative estimate of drug-likeness (QED) is 0.894. The summed E-state index contributed by atoms with van der Waals surface area (Å²) in [5.41, 5.74) is -0.561. The Morgan fingerprint density at radius 3 is 2.33 bits per heavy atom. The van der Waals surface area contributed by atoms with Crippen LogP contribution in [-0.4, -0.2) is 63.8 Å². The number of carbonyl (C=O) groups is 2. The van der Waals surface area contributed by atoms with Gasteiger partial charge in [-0.05, 0) is 20.8 Å². The number of anilines is 1. The van der Waals surface area contributed by atoms with Gasteiger partial charge in [0, 0.05) is 38.0 Å². The highest BCUT2D eigenvalue weighted by atomic mass is 16.6. The Labute approximate surface area is 140 Å². The SMILES string of the molecule is CN(C(=O)OC(C)(C)C)C1C2CN(c3cnc(C(=O)O)cn3)CC21. The molecule has 1 aliphatic carbocycles. The Hall–Kier alpha value is -2.38. The minimum absolute atomic E-state index is 0.0642. The van der Waals surface area contributed by atoms with E-state index >= 15 is 0 Å². The van der Waals surface area contributed by atoms with Crippen LogP contribution in [0.1, 0.15) is 31.3 Å². The first-order valence-electron chi connectivity index (χ1n) is 7.93. The Bertz CT molecular complexity index is 643. The predicted octanol–water partition coefficient (Wildman–Crippen LogP) is 1.48. The summed E-state index contributed by atoms with van der Waals surface area (Å²) in [6.07, 6.45) is 2.46. The number of amides is 1. The van der Waals surface area contributed by atoms with Gasteiger partial charge in [-0.3, -0.25) is 0 Å². The molecule has 130 valence electrons. The molecule has 2 aliphatic rings. The molecule has 1 N–H and O–H groups in total. The second-order valence-electron chi connectivity index (χ2n) is 7.38. The van der Waals surface area contributed by atoms with Crippen LogP contribution in [0.4, 0.5) is 10.6 Å². The monoisotopic (exact) mass is 334 g/mol. The molecule has 1 aromatic heterocycles. The van der Waals surface area contributed by atoms with Crippen molar-refractivity contribution < 1.29 is 19.4 Å². The summed E-state index contributed by atoms with van der Waals surface area (Å²) in [6, 6.07) is 0.197. The fourth-order valence-electron chi connectivity index (χ4n) is 3.31. The number of carboxylic acids is 1. The minimum Gasteiger partial charge on any atom is -0.476 e. The molecule has 1 amide bonds. The van der Waals surface area contributed by atoms with Crippen molar-refractivity contribution in [2.24, 2.45) is 11.8 Å². The first-order chi connectivity index (χ1) is 11.2. The molecule has 1 saturated heterocycles. The van der Waals surface area contributed by atoms with Crippen LogP contribution in [0.3, 0.4) is 0 Å². The highest BCUT2D eigenvalue weighted by Gasteiger charge is 2.59. The van der Waals surface area contributed by atoms with Crippen LogP contribution in [0.5, 0.6) is 0 Å². The second kappa shape index (κ2) is 5.61. The third-order valence-electron chi connectivity index (χ3n) is 4.46. The van der Waals surface area contributed by atoms with Crippen LogP contribution >= 0.6 is 0 Å². The second-order valence-corrected chi connectivity index (χ2v) is 7.38. The fourth-order valence-corrected chi connectivity index (χ4v) is 3.31. The largest absolute Gasteiger partial charge is 0.476 e. The van der Waals surface area contributed by atoms with Gasteiger partial charge in [0.1, 0.15) is 11.4 Å². The maximum atomic E-state index is 12.1. The van der Waals surface area contributed by atoms with Gasteiger partial charge in [0.25, 0.3) is 0 Å². The van der Waals surface area contributed by atoms with Crippen molar-refractivity contribution in [2.75, 3.05) is 25.0 Å². The summed E-state index contributed by atoms with van der Waals surface area (Å²) in [5.74, 6) is 0.371. The number of carbonyl (C=O) groups excluding carboxylic acids is 1. The Balaban J connectivity index is 1.56. The number of aromatic nitrogens is 2. The highest BCUT2D eigenvalue weighted by Crippen LogP contribution is 2.49. The third kappa shape index (κ3) is 3.13. The summed E-state index contributed by atoms with van der Waals surface area (Å²) in [5, 5.41) is 8.85. The van der Waals surface area contributed by atoms with E-state index < -0.39 is 11.6 Å². The summed E-state index contributed by atoms with van der Waals surface area (Å²) in [7, 11) is 1.78. The number of rotatable bonds is 3. The van der Waals surface area contributed by atoms with Gasteiger partial charge in [0.2, 0.25) is 0 Å². The van der Waals surface area contributed by atoms with Crippen molar-refractivity contribution in [1.29, 1.82) is 0 Å². The maximum absolute atomic E-state index is 12.1. The van der Waals surface area contributed by atoms with E-state index in [0.29, 0.717) is 17.7 Å². The molecular formula is C16H22N4O4. The van der Waals surface area contributed by atoms with E-state index in [2.05, 4.69) is 14.9 Å². The molecule has 1 saturated carbocycles. The molecule has 0 spiro atoms. The number of carboxylic acid groups (broad SMARTS) is 1. The zero-order chi connectivity index (χ0) is 17.6. The third-order valence-corrected chi connectivity index (χ3v) is 4.46. The molecule has 3 rings (SSSR count). The number of aromatic carboxylic acids is 1. The number of ether oxygens (including phenoxy) is 1. The van der Waals surface area contributed by atoms with Gasteiger partial charge in [0.05, 0.1) is 12.4 Å². The highest BCUT2D eigenvalue weighted by molar-refractivity contribution is 5.84. The van der Waals surface area contributed by atoms with Crippen molar-refractivity contribution in [3.8, 4) is 0 Å². The normalized spacial score (nSPS) is 25.2. The molecule has 2 unspecified atom stereocenters. The van der Waals surface area contributed by atoms with E-state index in [0.717, 1.165) is 13.1 Å². The van der Waals surface area contributed by atoms with Crippen molar-refractivity contribution in [1.82, 2.24) is 14.9 Å². The summed E-state index contributed by atoms with van der Waals surface area (Å²) in [4.78, 5) is 34.8. The van der Waals surface area contributed by atoms with Crippen LogP contribution in [0.15, 0.2) is 12.4 Å². The summed E-state index contributed by atoms with van der Waals surface area (Å²) >= 11 is 0. The average molecular weight is 334 g/mol. The van der Waals surface area contributed by atoms with Crippen molar-refractivity contribution in [2.45, 2.75) is 32.4 Å². The summed E-state index contributed by atoms with van der Waals surface area (Å²) in [6.45, 7) is 7.13. The smallest absolute Gasteiger partial charge is 0.410 e. The fraction of sp³-hybridized carbons (Fsp3) is 0.625. The molecule has 8 heteroatoms. The number of hydrogen-bond donors (Lipinski definition) is 1. The number of piperidine rings is 1. The van der Waals surface area contributed by atoms with E-state index in [-0.39, 0.29) is 17.8 Å². The van der Waals surface area contributed by atoms with Gasteiger partial charge >= 0.3 is 12.1 Å². The zero-order valence-electron chi connectivity index (χ0n) is 14.3. The molecule has 2 heterocycles. The van der Waals surface area contributed by atoms with Crippen LogP contribution in [0.2, 0.25) is 0 Å². The Morgan fingerprint density at radius 1 is 1.25 bits per heavy atom. The van der Waals surface area contributed by atoms with Gasteiger partial charge in [0.15, 0.2) is 5.69 Å². The number of fused-ring (bicyclic) bond motifs is 1. The van der Waals surface area contributed by atoms with Crippen LogP contribution in [-0.2, 0) is 4.74 Å². The van der Waals surface area contributed by atoms with E-state index in [1.807, 2.05) is 20.8 Å². The maximum Gasteiger partial charge on any atom is 0.410 e. The standard InChI is InChI=1S/C16H22N4O4/c1-16(2,3)24-15(23)19(4)13-9-7-20(8-10(9)13)12-6-17-11(5-18-12)14(21)22/h5-6,9-10,13H,7-8H2,1-4H3,(H,21,22).